The number of para-hydroxylation sites is 1. The number of benzene rings is 1. The van der Waals surface area contributed by atoms with Crippen LogP contribution in [0.15, 0.2) is 48.8 Å². The molecule has 0 saturated carbocycles. The normalized spacial score (nSPS) is 14.4. The molecule has 0 spiro atoms. The maximum absolute atomic E-state index is 13.1. The van der Waals surface area contributed by atoms with E-state index in [1.54, 1.807) is 29.0 Å². The molecule has 1 aliphatic rings. The van der Waals surface area contributed by atoms with E-state index in [-0.39, 0.29) is 11.8 Å². The number of pyridine rings is 1. The van der Waals surface area contributed by atoms with Gasteiger partial charge in [-0.25, -0.2) is 4.52 Å². The average Bonchev–Trinajstić information content (AvgIpc) is 3.11. The van der Waals surface area contributed by atoms with Gasteiger partial charge in [0.1, 0.15) is 0 Å². The third-order valence-electron chi connectivity index (χ3n) is 4.83. The number of carbonyl (C=O) groups is 2. The predicted molar refractivity (Wildman–Crippen MR) is 109 cm³/mol. The Balaban J connectivity index is 1.51. The minimum absolute atomic E-state index is 0.0613. The van der Waals surface area contributed by atoms with Gasteiger partial charge in [-0.2, -0.15) is 5.10 Å². The number of hydrogen-bond donors (Lipinski definition) is 1. The summed E-state index contributed by atoms with van der Waals surface area (Å²) in [6.07, 6.45) is 3.31. The molecule has 3 aromatic rings. The number of fused-ring (bicyclic) bond motifs is 1. The molecule has 144 valence electrons. The van der Waals surface area contributed by atoms with Crippen molar-refractivity contribution in [2.24, 2.45) is 0 Å². The number of piperazine rings is 1. The SMILES string of the molecule is CC(=O)Nc1ccn2ncc(C(=O)N3CCN(c4ccccc4Cl)CC3)c2c1. The number of anilines is 2. The van der Waals surface area contributed by atoms with Crippen LogP contribution in [-0.2, 0) is 4.79 Å². The summed E-state index contributed by atoms with van der Waals surface area (Å²) < 4.78 is 1.64. The molecule has 1 saturated heterocycles. The number of rotatable bonds is 3. The quantitative estimate of drug-likeness (QED) is 0.737. The lowest BCUT2D eigenvalue weighted by Crippen LogP contribution is -2.48. The van der Waals surface area contributed by atoms with Gasteiger partial charge < -0.3 is 15.1 Å². The second-order valence-corrected chi connectivity index (χ2v) is 7.12. The molecule has 0 radical (unpaired) electrons. The van der Waals surface area contributed by atoms with Gasteiger partial charge in [0.25, 0.3) is 5.91 Å². The summed E-state index contributed by atoms with van der Waals surface area (Å²) in [7, 11) is 0. The predicted octanol–water partition coefficient (Wildman–Crippen LogP) is 2.91. The highest BCUT2D eigenvalue weighted by Crippen LogP contribution is 2.26. The Hall–Kier alpha value is -3.06. The number of aromatic nitrogens is 2. The fourth-order valence-electron chi connectivity index (χ4n) is 3.46. The Morgan fingerprint density at radius 3 is 2.57 bits per heavy atom. The molecular weight excluding hydrogens is 378 g/mol. The highest BCUT2D eigenvalue weighted by molar-refractivity contribution is 6.33. The van der Waals surface area contributed by atoms with Crippen LogP contribution in [0.4, 0.5) is 11.4 Å². The molecule has 0 atom stereocenters. The second-order valence-electron chi connectivity index (χ2n) is 6.72. The minimum Gasteiger partial charge on any atom is -0.367 e. The van der Waals surface area contributed by atoms with E-state index in [9.17, 15) is 9.59 Å². The van der Waals surface area contributed by atoms with Crippen LogP contribution in [0.5, 0.6) is 0 Å². The lowest BCUT2D eigenvalue weighted by atomic mass is 10.2. The van der Waals surface area contributed by atoms with Gasteiger partial charge in [0, 0.05) is 45.0 Å². The summed E-state index contributed by atoms with van der Waals surface area (Å²) in [6.45, 7) is 4.09. The van der Waals surface area contributed by atoms with Crippen LogP contribution in [0.1, 0.15) is 17.3 Å². The fraction of sp³-hybridized carbons (Fsp3) is 0.250. The van der Waals surface area contributed by atoms with E-state index >= 15 is 0 Å². The molecule has 2 aromatic heterocycles. The zero-order valence-corrected chi connectivity index (χ0v) is 16.2. The molecule has 1 fully saturated rings. The van der Waals surface area contributed by atoms with E-state index < -0.39 is 0 Å². The van der Waals surface area contributed by atoms with Gasteiger partial charge in [0.2, 0.25) is 5.91 Å². The number of nitrogens with one attached hydrogen (secondary N) is 1. The fourth-order valence-corrected chi connectivity index (χ4v) is 3.71. The molecule has 1 aromatic carbocycles. The number of halogens is 1. The minimum atomic E-state index is -0.160. The van der Waals surface area contributed by atoms with Crippen LogP contribution in [0.3, 0.4) is 0 Å². The maximum atomic E-state index is 13.1. The number of amides is 2. The van der Waals surface area contributed by atoms with Gasteiger partial charge in [-0.05, 0) is 24.3 Å². The van der Waals surface area contributed by atoms with Crippen LogP contribution in [0.2, 0.25) is 5.02 Å². The summed E-state index contributed by atoms with van der Waals surface area (Å²) in [5, 5.41) is 7.71. The third kappa shape index (κ3) is 3.53. The first-order chi connectivity index (χ1) is 13.5. The molecule has 0 bridgehead atoms. The van der Waals surface area contributed by atoms with Crippen molar-refractivity contribution in [3.05, 3.63) is 59.4 Å². The molecule has 3 heterocycles. The van der Waals surface area contributed by atoms with E-state index in [0.29, 0.717) is 42.9 Å². The molecule has 1 aliphatic heterocycles. The molecular formula is C20H20ClN5O2. The van der Waals surface area contributed by atoms with Crippen molar-refractivity contribution >= 4 is 40.3 Å². The zero-order valence-electron chi connectivity index (χ0n) is 15.4. The molecule has 28 heavy (non-hydrogen) atoms. The van der Waals surface area contributed by atoms with Gasteiger partial charge in [-0.3, -0.25) is 9.59 Å². The van der Waals surface area contributed by atoms with E-state index in [2.05, 4.69) is 15.3 Å². The monoisotopic (exact) mass is 397 g/mol. The van der Waals surface area contributed by atoms with Crippen molar-refractivity contribution in [2.45, 2.75) is 6.92 Å². The standard InChI is InChI=1S/C20H20ClN5O2/c1-14(27)23-15-6-7-26-19(12-15)16(13-22-26)20(28)25-10-8-24(9-11-25)18-5-3-2-4-17(18)21/h2-7,12-13H,8-11H2,1H3,(H,23,27). The van der Waals surface area contributed by atoms with Gasteiger partial charge in [-0.1, -0.05) is 23.7 Å². The summed E-state index contributed by atoms with van der Waals surface area (Å²) >= 11 is 6.29. The molecule has 0 unspecified atom stereocenters. The van der Waals surface area contributed by atoms with Crippen LogP contribution >= 0.6 is 11.6 Å². The molecule has 8 heteroatoms. The first-order valence-electron chi connectivity index (χ1n) is 9.06. The first-order valence-corrected chi connectivity index (χ1v) is 9.44. The van der Waals surface area contributed by atoms with E-state index in [0.717, 1.165) is 10.7 Å². The highest BCUT2D eigenvalue weighted by atomic mass is 35.5. The van der Waals surface area contributed by atoms with Crippen LogP contribution < -0.4 is 10.2 Å². The highest BCUT2D eigenvalue weighted by Gasteiger charge is 2.25. The molecule has 4 rings (SSSR count). The van der Waals surface area contributed by atoms with Crippen LogP contribution in [0, 0.1) is 0 Å². The smallest absolute Gasteiger partial charge is 0.257 e. The molecule has 2 amide bonds. The Kier molecular flexibility index (Phi) is 4.92. The summed E-state index contributed by atoms with van der Waals surface area (Å²) in [5.74, 6) is -0.221. The van der Waals surface area contributed by atoms with Crippen molar-refractivity contribution in [2.75, 3.05) is 36.4 Å². The lowest BCUT2D eigenvalue weighted by molar-refractivity contribution is -0.114. The topological polar surface area (TPSA) is 70.0 Å². The Morgan fingerprint density at radius 1 is 1.11 bits per heavy atom. The zero-order chi connectivity index (χ0) is 19.7. The number of nitrogens with zero attached hydrogens (tertiary/aromatic N) is 4. The molecule has 7 nitrogen and oxygen atoms in total. The van der Waals surface area contributed by atoms with E-state index in [1.807, 2.05) is 29.2 Å². The van der Waals surface area contributed by atoms with Crippen molar-refractivity contribution in [1.82, 2.24) is 14.5 Å². The lowest BCUT2D eigenvalue weighted by Gasteiger charge is -2.36. The number of carbonyl (C=O) groups excluding carboxylic acids is 2. The second kappa shape index (κ2) is 7.52. The Labute approximate surface area is 167 Å². The first kappa shape index (κ1) is 18.3. The van der Waals surface area contributed by atoms with Crippen LogP contribution in [0.25, 0.3) is 5.52 Å². The number of hydrogen-bond acceptors (Lipinski definition) is 4. The van der Waals surface area contributed by atoms with Gasteiger partial charge in [0.15, 0.2) is 0 Å². The van der Waals surface area contributed by atoms with Crippen molar-refractivity contribution in [3.8, 4) is 0 Å². The third-order valence-corrected chi connectivity index (χ3v) is 5.15. The van der Waals surface area contributed by atoms with Crippen molar-refractivity contribution < 1.29 is 9.59 Å². The van der Waals surface area contributed by atoms with E-state index in [1.165, 1.54) is 6.92 Å². The van der Waals surface area contributed by atoms with Crippen molar-refractivity contribution in [1.29, 1.82) is 0 Å². The van der Waals surface area contributed by atoms with Gasteiger partial charge in [0.05, 0.1) is 28.0 Å². The van der Waals surface area contributed by atoms with Crippen LogP contribution in [-0.4, -0.2) is 52.5 Å². The molecule has 0 aliphatic carbocycles. The summed E-state index contributed by atoms with van der Waals surface area (Å²) in [5.41, 5.74) is 2.83. The Bertz CT molecular complexity index is 1040. The largest absolute Gasteiger partial charge is 0.367 e. The molecule has 1 N–H and O–H groups in total. The summed E-state index contributed by atoms with van der Waals surface area (Å²) in [6, 6.07) is 11.3. The Morgan fingerprint density at radius 2 is 1.86 bits per heavy atom. The van der Waals surface area contributed by atoms with Crippen molar-refractivity contribution in [3.63, 3.8) is 0 Å². The average molecular weight is 398 g/mol. The van der Waals surface area contributed by atoms with Gasteiger partial charge in [-0.15, -0.1) is 0 Å². The van der Waals surface area contributed by atoms with E-state index in [4.69, 9.17) is 11.6 Å². The van der Waals surface area contributed by atoms with Gasteiger partial charge >= 0.3 is 0 Å². The summed E-state index contributed by atoms with van der Waals surface area (Å²) in [4.78, 5) is 28.4. The maximum Gasteiger partial charge on any atom is 0.257 e.